The fourth-order valence-electron chi connectivity index (χ4n) is 1.70. The number of rotatable bonds is 10. The lowest BCUT2D eigenvalue weighted by molar-refractivity contribution is -0.128. The number of carbonyl (C=O) groups excluding carboxylic acids is 2. The predicted octanol–water partition coefficient (Wildman–Crippen LogP) is 0.592. The van der Waals surface area contributed by atoms with E-state index < -0.39 is 25.5 Å². The van der Waals surface area contributed by atoms with E-state index in [1.807, 2.05) is 13.8 Å². The number of carbonyl (C=O) groups is 2. The zero-order valence-electron chi connectivity index (χ0n) is 13.5. The van der Waals surface area contributed by atoms with Gasteiger partial charge < -0.3 is 25.4 Å². The minimum absolute atomic E-state index is 0.0785. The SMILES string of the molecule is C=C(CNC(=O)C(CC(C)C)NC(=O)CN)P(=O)(OC)OC. The fourth-order valence-corrected chi connectivity index (χ4v) is 2.64. The summed E-state index contributed by atoms with van der Waals surface area (Å²) in [6.07, 6.45) is 0.455. The van der Waals surface area contributed by atoms with Gasteiger partial charge in [-0.3, -0.25) is 14.2 Å². The summed E-state index contributed by atoms with van der Waals surface area (Å²) in [4.78, 5) is 23.5. The molecule has 2 amide bonds. The van der Waals surface area contributed by atoms with Crippen molar-refractivity contribution in [1.82, 2.24) is 10.6 Å². The Labute approximate surface area is 131 Å². The van der Waals surface area contributed by atoms with Gasteiger partial charge in [-0.1, -0.05) is 20.4 Å². The van der Waals surface area contributed by atoms with E-state index in [2.05, 4.69) is 17.2 Å². The van der Waals surface area contributed by atoms with Crippen LogP contribution in [0.2, 0.25) is 0 Å². The van der Waals surface area contributed by atoms with Gasteiger partial charge in [0.2, 0.25) is 11.8 Å². The van der Waals surface area contributed by atoms with Crippen molar-refractivity contribution in [2.24, 2.45) is 11.7 Å². The Hall–Kier alpha value is -1.21. The maximum Gasteiger partial charge on any atom is 0.357 e. The summed E-state index contributed by atoms with van der Waals surface area (Å²) in [6, 6.07) is -0.715. The molecule has 0 saturated carbocycles. The molecule has 0 aliphatic rings. The fraction of sp³-hybridized carbons (Fsp3) is 0.692. The van der Waals surface area contributed by atoms with Crippen LogP contribution < -0.4 is 16.4 Å². The molecule has 0 fully saturated rings. The third kappa shape index (κ3) is 6.70. The van der Waals surface area contributed by atoms with Crippen LogP contribution in [0.5, 0.6) is 0 Å². The van der Waals surface area contributed by atoms with Crippen LogP contribution in [0.3, 0.4) is 0 Å². The lowest BCUT2D eigenvalue weighted by Gasteiger charge is -2.21. The minimum Gasteiger partial charge on any atom is -0.350 e. The smallest absolute Gasteiger partial charge is 0.350 e. The molecule has 1 atom stereocenters. The van der Waals surface area contributed by atoms with E-state index in [9.17, 15) is 14.2 Å². The highest BCUT2D eigenvalue weighted by atomic mass is 31.2. The summed E-state index contributed by atoms with van der Waals surface area (Å²) in [5.41, 5.74) is 5.24. The average molecular weight is 335 g/mol. The van der Waals surface area contributed by atoms with Gasteiger partial charge in [0.1, 0.15) is 6.04 Å². The Morgan fingerprint density at radius 2 is 1.82 bits per heavy atom. The summed E-state index contributed by atoms with van der Waals surface area (Å²) in [6.45, 7) is 7.18. The van der Waals surface area contributed by atoms with Gasteiger partial charge in [-0.2, -0.15) is 0 Å². The Morgan fingerprint density at radius 1 is 1.27 bits per heavy atom. The average Bonchev–Trinajstić information content (AvgIpc) is 2.49. The van der Waals surface area contributed by atoms with Crippen LogP contribution >= 0.6 is 7.60 Å². The van der Waals surface area contributed by atoms with Gasteiger partial charge in [0.25, 0.3) is 0 Å². The second kappa shape index (κ2) is 9.74. The second-order valence-electron chi connectivity index (χ2n) is 5.10. The molecule has 0 radical (unpaired) electrons. The molecule has 0 aliphatic carbocycles. The lowest BCUT2D eigenvalue weighted by Crippen LogP contribution is -2.49. The summed E-state index contributed by atoms with van der Waals surface area (Å²) < 4.78 is 21.6. The molecule has 0 rings (SSSR count). The number of nitrogens with one attached hydrogen (secondary N) is 2. The van der Waals surface area contributed by atoms with E-state index in [1.54, 1.807) is 0 Å². The Morgan fingerprint density at radius 3 is 2.23 bits per heavy atom. The summed E-state index contributed by atoms with van der Waals surface area (Å²) in [5.74, 6) is -0.629. The highest BCUT2D eigenvalue weighted by molar-refractivity contribution is 7.58. The van der Waals surface area contributed by atoms with Gasteiger partial charge in [0, 0.05) is 14.2 Å². The van der Waals surface area contributed by atoms with Gasteiger partial charge in [0.05, 0.1) is 18.4 Å². The first kappa shape index (κ1) is 20.8. The molecular weight excluding hydrogens is 309 g/mol. The van der Waals surface area contributed by atoms with Crippen LogP contribution in [0.1, 0.15) is 20.3 Å². The first-order valence-corrected chi connectivity index (χ1v) is 8.41. The molecule has 0 aliphatic heterocycles. The quantitative estimate of drug-likeness (QED) is 0.503. The van der Waals surface area contributed by atoms with Gasteiger partial charge >= 0.3 is 7.60 Å². The van der Waals surface area contributed by atoms with E-state index in [-0.39, 0.29) is 24.3 Å². The third-order valence-corrected chi connectivity index (χ3v) is 4.77. The van der Waals surface area contributed by atoms with Gasteiger partial charge in [-0.15, -0.1) is 0 Å². The molecule has 1 unspecified atom stereocenters. The van der Waals surface area contributed by atoms with Crippen molar-refractivity contribution in [1.29, 1.82) is 0 Å². The molecule has 0 saturated heterocycles. The van der Waals surface area contributed by atoms with Crippen molar-refractivity contribution in [2.75, 3.05) is 27.3 Å². The van der Waals surface area contributed by atoms with Crippen molar-refractivity contribution >= 4 is 19.4 Å². The van der Waals surface area contributed by atoms with Crippen LogP contribution in [0, 0.1) is 5.92 Å². The second-order valence-corrected chi connectivity index (χ2v) is 7.46. The van der Waals surface area contributed by atoms with Crippen molar-refractivity contribution < 1.29 is 23.2 Å². The van der Waals surface area contributed by atoms with Gasteiger partial charge in [-0.25, -0.2) is 0 Å². The number of hydrogen-bond donors (Lipinski definition) is 3. The zero-order valence-corrected chi connectivity index (χ0v) is 14.4. The zero-order chi connectivity index (χ0) is 17.3. The predicted molar refractivity (Wildman–Crippen MR) is 84.2 cm³/mol. The van der Waals surface area contributed by atoms with Crippen molar-refractivity contribution in [3.05, 3.63) is 11.9 Å². The minimum atomic E-state index is -3.44. The van der Waals surface area contributed by atoms with Crippen molar-refractivity contribution in [2.45, 2.75) is 26.3 Å². The van der Waals surface area contributed by atoms with Crippen LogP contribution in [0.15, 0.2) is 11.9 Å². The lowest BCUT2D eigenvalue weighted by atomic mass is 10.0. The van der Waals surface area contributed by atoms with Crippen LogP contribution in [0.4, 0.5) is 0 Å². The van der Waals surface area contributed by atoms with Crippen molar-refractivity contribution in [3.8, 4) is 0 Å². The standard InChI is InChI=1S/C13H26N3O5P/c1-9(2)6-11(16-12(17)7-14)13(18)15-8-10(3)22(19,20-4)21-5/h9,11H,3,6-8,14H2,1-2,4-5H3,(H,15,18)(H,16,17). The summed E-state index contributed by atoms with van der Waals surface area (Å²) in [7, 11) is -0.963. The van der Waals surface area contributed by atoms with E-state index >= 15 is 0 Å². The van der Waals surface area contributed by atoms with E-state index in [0.29, 0.717) is 6.42 Å². The summed E-state index contributed by atoms with van der Waals surface area (Å²) >= 11 is 0. The molecule has 0 aromatic heterocycles. The van der Waals surface area contributed by atoms with Crippen LogP contribution in [-0.4, -0.2) is 45.2 Å². The molecular formula is C13H26N3O5P. The molecule has 22 heavy (non-hydrogen) atoms. The molecule has 0 spiro atoms. The molecule has 0 heterocycles. The van der Waals surface area contributed by atoms with Crippen LogP contribution in [0.25, 0.3) is 0 Å². The highest BCUT2D eigenvalue weighted by Crippen LogP contribution is 2.53. The normalized spacial score (nSPS) is 12.8. The number of amides is 2. The topological polar surface area (TPSA) is 120 Å². The maximum atomic E-state index is 12.2. The Balaban J connectivity index is 4.72. The first-order chi connectivity index (χ1) is 10.2. The molecule has 0 aromatic carbocycles. The summed E-state index contributed by atoms with van der Waals surface area (Å²) in [5, 5.41) is 5.24. The van der Waals surface area contributed by atoms with Crippen molar-refractivity contribution in [3.63, 3.8) is 0 Å². The number of hydrogen-bond acceptors (Lipinski definition) is 6. The van der Waals surface area contributed by atoms with E-state index in [0.717, 1.165) is 0 Å². The Bertz CT molecular complexity index is 445. The van der Waals surface area contributed by atoms with Crippen LogP contribution in [-0.2, 0) is 23.2 Å². The molecule has 8 nitrogen and oxygen atoms in total. The molecule has 0 bridgehead atoms. The van der Waals surface area contributed by atoms with E-state index in [1.165, 1.54) is 14.2 Å². The monoisotopic (exact) mass is 335 g/mol. The van der Waals surface area contributed by atoms with Gasteiger partial charge in [-0.05, 0) is 12.3 Å². The third-order valence-electron chi connectivity index (χ3n) is 2.88. The number of nitrogens with two attached hydrogens (primary N) is 1. The molecule has 4 N–H and O–H groups in total. The Kier molecular flexibility index (Phi) is 9.20. The highest BCUT2D eigenvalue weighted by Gasteiger charge is 2.27. The largest absolute Gasteiger partial charge is 0.357 e. The molecule has 0 aromatic rings. The molecule has 128 valence electrons. The maximum absolute atomic E-state index is 12.2. The van der Waals surface area contributed by atoms with Gasteiger partial charge in [0.15, 0.2) is 0 Å². The van der Waals surface area contributed by atoms with E-state index in [4.69, 9.17) is 14.8 Å². The first-order valence-electron chi connectivity index (χ1n) is 6.87. The molecule has 9 heteroatoms.